The van der Waals surface area contributed by atoms with Crippen molar-refractivity contribution in [2.24, 2.45) is 0 Å². The molecular weight excluding hydrogens is 370 g/mol. The minimum Gasteiger partial charge on any atom is -0.352 e. The Bertz CT molecular complexity index is 795. The lowest BCUT2D eigenvalue weighted by Crippen LogP contribution is -2.37. The molecule has 1 fully saturated rings. The molecule has 0 bridgehead atoms. The van der Waals surface area contributed by atoms with E-state index < -0.39 is 0 Å². The van der Waals surface area contributed by atoms with Gasteiger partial charge >= 0.3 is 0 Å². The van der Waals surface area contributed by atoms with Gasteiger partial charge in [-0.1, -0.05) is 37.3 Å². The predicted octanol–water partition coefficient (Wildman–Crippen LogP) is 3.52. The molecule has 28 heavy (non-hydrogen) atoms. The second-order valence-corrected chi connectivity index (χ2v) is 8.15. The van der Waals surface area contributed by atoms with Gasteiger partial charge in [-0.15, -0.1) is 11.8 Å². The standard InChI is InChI=1S/C22H27N3O2S/c1-3-21(26)23-18-13-20(25(2)14-18)22(27)24-17-9-11-19(12-10-17)28-15-16-7-5-4-6-8-16/h4-12,18,20H,3,13-15H2,1-2H3,(H,23,26)(H,24,27). The zero-order valence-electron chi connectivity index (χ0n) is 16.4. The van der Waals surface area contributed by atoms with Gasteiger partial charge in [0.1, 0.15) is 0 Å². The zero-order valence-corrected chi connectivity index (χ0v) is 17.2. The van der Waals surface area contributed by atoms with E-state index >= 15 is 0 Å². The molecule has 6 heteroatoms. The third-order valence-electron chi connectivity index (χ3n) is 4.91. The number of thioether (sulfide) groups is 1. The highest BCUT2D eigenvalue weighted by Gasteiger charge is 2.34. The van der Waals surface area contributed by atoms with Crippen LogP contribution >= 0.6 is 11.8 Å². The van der Waals surface area contributed by atoms with Crippen LogP contribution in [0.3, 0.4) is 0 Å². The van der Waals surface area contributed by atoms with Crippen LogP contribution in [0.2, 0.25) is 0 Å². The number of anilines is 1. The molecule has 3 rings (SSSR count). The van der Waals surface area contributed by atoms with Crippen molar-refractivity contribution >= 4 is 29.3 Å². The van der Waals surface area contributed by atoms with Crippen LogP contribution in [-0.4, -0.2) is 42.4 Å². The molecule has 1 aliphatic heterocycles. The van der Waals surface area contributed by atoms with E-state index in [1.165, 1.54) is 10.5 Å². The van der Waals surface area contributed by atoms with Crippen molar-refractivity contribution in [3.05, 3.63) is 60.2 Å². The second-order valence-electron chi connectivity index (χ2n) is 7.10. The number of benzene rings is 2. The largest absolute Gasteiger partial charge is 0.352 e. The van der Waals surface area contributed by atoms with Gasteiger partial charge in [0.2, 0.25) is 11.8 Å². The van der Waals surface area contributed by atoms with Crippen LogP contribution in [0, 0.1) is 0 Å². The van der Waals surface area contributed by atoms with Crippen LogP contribution in [0.1, 0.15) is 25.3 Å². The molecule has 2 N–H and O–H groups in total. The van der Waals surface area contributed by atoms with E-state index in [0.29, 0.717) is 19.4 Å². The lowest BCUT2D eigenvalue weighted by Gasteiger charge is -2.18. The monoisotopic (exact) mass is 397 g/mol. The van der Waals surface area contributed by atoms with Crippen molar-refractivity contribution < 1.29 is 9.59 Å². The molecule has 2 amide bonds. The highest BCUT2D eigenvalue weighted by Crippen LogP contribution is 2.25. The summed E-state index contributed by atoms with van der Waals surface area (Å²) in [5.74, 6) is 0.924. The Morgan fingerprint density at radius 2 is 1.82 bits per heavy atom. The summed E-state index contributed by atoms with van der Waals surface area (Å²) in [5.41, 5.74) is 2.09. The summed E-state index contributed by atoms with van der Waals surface area (Å²) in [6, 6.07) is 18.1. The van der Waals surface area contributed by atoms with Gasteiger partial charge in [-0.25, -0.2) is 0 Å². The summed E-state index contributed by atoms with van der Waals surface area (Å²) in [7, 11) is 1.92. The van der Waals surface area contributed by atoms with Crippen LogP contribution in [0.5, 0.6) is 0 Å². The molecular formula is C22H27N3O2S. The Balaban J connectivity index is 1.51. The minimum absolute atomic E-state index is 0.0274. The first-order valence-corrected chi connectivity index (χ1v) is 10.6. The summed E-state index contributed by atoms with van der Waals surface area (Å²) in [5, 5.41) is 5.98. The van der Waals surface area contributed by atoms with Crippen LogP contribution in [0.4, 0.5) is 5.69 Å². The summed E-state index contributed by atoms with van der Waals surface area (Å²) < 4.78 is 0. The average molecular weight is 398 g/mol. The van der Waals surface area contributed by atoms with Gasteiger partial charge in [0.05, 0.1) is 6.04 Å². The molecule has 0 radical (unpaired) electrons. The van der Waals surface area contributed by atoms with Crippen molar-refractivity contribution in [1.82, 2.24) is 10.2 Å². The third kappa shape index (κ3) is 5.59. The molecule has 0 spiro atoms. The summed E-state index contributed by atoms with van der Waals surface area (Å²) >= 11 is 1.77. The molecule has 148 valence electrons. The molecule has 2 aromatic carbocycles. The first-order chi connectivity index (χ1) is 13.5. The number of rotatable bonds is 7. The molecule has 1 aliphatic rings. The fourth-order valence-corrected chi connectivity index (χ4v) is 4.20. The lowest BCUT2D eigenvalue weighted by atomic mass is 10.1. The van der Waals surface area contributed by atoms with E-state index in [4.69, 9.17) is 0 Å². The predicted molar refractivity (Wildman–Crippen MR) is 114 cm³/mol. The van der Waals surface area contributed by atoms with Crippen molar-refractivity contribution in [1.29, 1.82) is 0 Å². The molecule has 0 saturated carbocycles. The molecule has 2 unspecified atom stereocenters. The number of amides is 2. The van der Waals surface area contributed by atoms with E-state index in [2.05, 4.69) is 22.8 Å². The number of likely N-dealkylation sites (tertiary alicyclic amines) is 1. The Labute approximate surface area is 170 Å². The quantitative estimate of drug-likeness (QED) is 0.702. The van der Waals surface area contributed by atoms with Crippen molar-refractivity contribution in [3.8, 4) is 0 Å². The van der Waals surface area contributed by atoms with Crippen LogP contribution in [-0.2, 0) is 15.3 Å². The normalized spacial score (nSPS) is 19.4. The number of nitrogens with one attached hydrogen (secondary N) is 2. The van der Waals surface area contributed by atoms with Crippen molar-refractivity contribution in [3.63, 3.8) is 0 Å². The molecule has 5 nitrogen and oxygen atoms in total. The average Bonchev–Trinajstić information content (AvgIpc) is 3.08. The van der Waals surface area contributed by atoms with Gasteiger partial charge in [-0.05, 0) is 43.3 Å². The minimum atomic E-state index is -0.228. The highest BCUT2D eigenvalue weighted by atomic mass is 32.2. The molecule has 1 heterocycles. The Morgan fingerprint density at radius 3 is 2.50 bits per heavy atom. The maximum atomic E-state index is 12.7. The van der Waals surface area contributed by atoms with E-state index in [1.54, 1.807) is 11.8 Å². The van der Waals surface area contributed by atoms with E-state index in [0.717, 1.165) is 11.4 Å². The summed E-state index contributed by atoms with van der Waals surface area (Å²) in [6.07, 6.45) is 1.10. The first-order valence-electron chi connectivity index (χ1n) is 9.62. The lowest BCUT2D eigenvalue weighted by molar-refractivity contribution is -0.122. The van der Waals surface area contributed by atoms with Crippen LogP contribution in [0.15, 0.2) is 59.5 Å². The van der Waals surface area contributed by atoms with Gasteiger partial charge in [-0.2, -0.15) is 0 Å². The maximum Gasteiger partial charge on any atom is 0.241 e. The van der Waals surface area contributed by atoms with Gasteiger partial charge in [0, 0.05) is 35.3 Å². The van der Waals surface area contributed by atoms with Crippen LogP contribution < -0.4 is 10.6 Å². The van der Waals surface area contributed by atoms with E-state index in [-0.39, 0.29) is 23.9 Å². The SMILES string of the molecule is CCC(=O)NC1CC(C(=O)Nc2ccc(SCc3ccccc3)cc2)N(C)C1. The fourth-order valence-electron chi connectivity index (χ4n) is 3.34. The van der Waals surface area contributed by atoms with Crippen LogP contribution in [0.25, 0.3) is 0 Å². The topological polar surface area (TPSA) is 61.4 Å². The number of carbonyl (C=O) groups excluding carboxylic acids is 2. The molecule has 0 aromatic heterocycles. The van der Waals surface area contributed by atoms with Crippen molar-refractivity contribution in [2.75, 3.05) is 18.9 Å². The number of hydrogen-bond acceptors (Lipinski definition) is 4. The van der Waals surface area contributed by atoms with Gasteiger partial charge in [0.15, 0.2) is 0 Å². The molecule has 1 saturated heterocycles. The van der Waals surface area contributed by atoms with E-state index in [1.807, 2.05) is 61.3 Å². The first kappa shape index (κ1) is 20.4. The molecule has 2 aromatic rings. The zero-order chi connectivity index (χ0) is 19.9. The Morgan fingerprint density at radius 1 is 1.11 bits per heavy atom. The molecule has 2 atom stereocenters. The second kappa shape index (κ2) is 9.75. The number of nitrogens with zero attached hydrogens (tertiary/aromatic N) is 1. The smallest absolute Gasteiger partial charge is 0.241 e. The van der Waals surface area contributed by atoms with Gasteiger partial charge in [-0.3, -0.25) is 14.5 Å². The Hall–Kier alpha value is -2.31. The van der Waals surface area contributed by atoms with Gasteiger partial charge < -0.3 is 10.6 Å². The van der Waals surface area contributed by atoms with E-state index in [9.17, 15) is 9.59 Å². The summed E-state index contributed by atoms with van der Waals surface area (Å²) in [6.45, 7) is 2.53. The number of hydrogen-bond donors (Lipinski definition) is 2. The Kier molecular flexibility index (Phi) is 7.12. The molecule has 0 aliphatic carbocycles. The fraction of sp³-hybridized carbons (Fsp3) is 0.364. The third-order valence-corrected chi connectivity index (χ3v) is 5.99. The van der Waals surface area contributed by atoms with Gasteiger partial charge in [0.25, 0.3) is 0 Å². The van der Waals surface area contributed by atoms with Crippen molar-refractivity contribution in [2.45, 2.75) is 42.5 Å². The maximum absolute atomic E-state index is 12.7. The summed E-state index contributed by atoms with van der Waals surface area (Å²) in [4.78, 5) is 27.4. The number of likely N-dealkylation sites (N-methyl/N-ethyl adjacent to an activating group) is 1. The highest BCUT2D eigenvalue weighted by molar-refractivity contribution is 7.98. The number of carbonyl (C=O) groups is 2.